The highest BCUT2D eigenvalue weighted by Crippen LogP contribution is 2.33. The number of Topliss-reactive ketones (excluding diaryl/α,β-unsaturated/α-hetero) is 1. The molecule has 0 N–H and O–H groups in total. The smallest absolute Gasteiger partial charge is 0.379 e. The lowest BCUT2D eigenvalue weighted by Gasteiger charge is -2.16. The summed E-state index contributed by atoms with van der Waals surface area (Å²) in [6.07, 6.45) is 0.387. The third-order valence-electron chi connectivity index (χ3n) is 1.79. The molecule has 0 fully saturated rings. The van der Waals surface area contributed by atoms with Crippen molar-refractivity contribution in [3.05, 3.63) is 10.2 Å². The Morgan fingerprint density at radius 1 is 1.25 bits per heavy atom. The van der Waals surface area contributed by atoms with Crippen molar-refractivity contribution in [3.63, 3.8) is 0 Å². The van der Waals surface area contributed by atoms with Gasteiger partial charge in [0.25, 0.3) is 0 Å². The van der Waals surface area contributed by atoms with Crippen LogP contribution in [0.25, 0.3) is 0 Å². The third-order valence-corrected chi connectivity index (χ3v) is 3.66. The first kappa shape index (κ1) is 13.5. The van der Waals surface area contributed by atoms with Crippen molar-refractivity contribution in [2.75, 3.05) is 0 Å². The Labute approximate surface area is 97.7 Å². The zero-order valence-corrected chi connectivity index (χ0v) is 10.1. The topological polar surface area (TPSA) is 60.4 Å². The molecular weight excluding hydrogens is 317 g/mol. The molecule has 9 heteroatoms. The fraction of sp³-hybridized carbons (Fsp3) is 0.571. The van der Waals surface area contributed by atoms with Crippen molar-refractivity contribution in [1.29, 1.82) is 0 Å². The van der Waals surface area contributed by atoms with Gasteiger partial charge in [0, 0.05) is 12.8 Å². The molecule has 1 aliphatic rings. The molecule has 92 valence electrons. The molecule has 0 atom stereocenters. The molecular formula is C7H6BrF3O4S. The summed E-state index contributed by atoms with van der Waals surface area (Å²) in [6.45, 7) is 0. The van der Waals surface area contributed by atoms with Crippen LogP contribution in [-0.2, 0) is 19.1 Å². The second-order valence-corrected chi connectivity index (χ2v) is 5.33. The standard InChI is InChI=1S/C7H6BrF3O4S/c8-6-4(12)2-1-3-5(6)15-16(13,14)7(9,10)11/h1-3H2. The van der Waals surface area contributed by atoms with Gasteiger partial charge in [-0.15, -0.1) is 0 Å². The van der Waals surface area contributed by atoms with Gasteiger partial charge in [-0.1, -0.05) is 0 Å². The van der Waals surface area contributed by atoms with Crippen molar-refractivity contribution in [1.82, 2.24) is 0 Å². The Bertz CT molecular complexity index is 437. The molecule has 0 aromatic rings. The molecule has 0 heterocycles. The second-order valence-electron chi connectivity index (χ2n) is 3.00. The molecule has 0 amide bonds. The van der Waals surface area contributed by atoms with Gasteiger partial charge >= 0.3 is 15.6 Å². The molecule has 0 spiro atoms. The molecule has 0 unspecified atom stereocenters. The average molecular weight is 323 g/mol. The molecule has 0 bridgehead atoms. The summed E-state index contributed by atoms with van der Waals surface area (Å²) in [5, 5.41) is 0. The van der Waals surface area contributed by atoms with E-state index < -0.39 is 27.2 Å². The fourth-order valence-corrected chi connectivity index (χ4v) is 2.15. The number of halogens is 4. The molecule has 0 aliphatic heterocycles. The maximum atomic E-state index is 12.0. The highest BCUT2D eigenvalue weighted by Gasteiger charge is 2.49. The maximum absolute atomic E-state index is 12.0. The first-order chi connectivity index (χ1) is 7.15. The monoisotopic (exact) mass is 322 g/mol. The molecule has 0 saturated heterocycles. The van der Waals surface area contributed by atoms with Crippen LogP contribution in [0.2, 0.25) is 0 Å². The maximum Gasteiger partial charge on any atom is 0.534 e. The Balaban J connectivity index is 2.99. The number of allylic oxidation sites excluding steroid dienone is 2. The molecule has 0 aromatic carbocycles. The van der Waals surface area contributed by atoms with Gasteiger partial charge in [0.15, 0.2) is 5.78 Å². The van der Waals surface area contributed by atoms with Gasteiger partial charge in [0.05, 0.1) is 4.48 Å². The van der Waals surface area contributed by atoms with Crippen molar-refractivity contribution >= 4 is 31.8 Å². The number of alkyl halides is 3. The molecule has 0 saturated carbocycles. The molecule has 1 aliphatic carbocycles. The van der Waals surface area contributed by atoms with Crippen molar-refractivity contribution in [3.8, 4) is 0 Å². The van der Waals surface area contributed by atoms with Crippen LogP contribution in [0.5, 0.6) is 0 Å². The molecule has 1 rings (SSSR count). The van der Waals surface area contributed by atoms with Crippen LogP contribution in [0.4, 0.5) is 13.2 Å². The van der Waals surface area contributed by atoms with Gasteiger partial charge in [-0.05, 0) is 22.4 Å². The van der Waals surface area contributed by atoms with E-state index >= 15 is 0 Å². The number of hydrogen-bond acceptors (Lipinski definition) is 4. The number of carbonyl (C=O) groups excluding carboxylic acids is 1. The Kier molecular flexibility index (Phi) is 3.68. The van der Waals surface area contributed by atoms with Gasteiger partial charge in [0.2, 0.25) is 0 Å². The summed E-state index contributed by atoms with van der Waals surface area (Å²) in [5.41, 5.74) is -5.49. The van der Waals surface area contributed by atoms with Crippen molar-refractivity contribution in [2.45, 2.75) is 24.8 Å². The molecule has 0 radical (unpaired) electrons. The average Bonchev–Trinajstić information content (AvgIpc) is 2.11. The summed E-state index contributed by atoms with van der Waals surface area (Å²) in [5.74, 6) is -0.966. The van der Waals surface area contributed by atoms with Gasteiger partial charge in [-0.25, -0.2) is 0 Å². The summed E-state index contributed by atoms with van der Waals surface area (Å²) in [4.78, 5) is 11.1. The zero-order valence-electron chi connectivity index (χ0n) is 7.67. The Morgan fingerprint density at radius 3 is 2.31 bits per heavy atom. The second kappa shape index (κ2) is 4.36. The van der Waals surface area contributed by atoms with Crippen LogP contribution in [0, 0.1) is 0 Å². The Morgan fingerprint density at radius 2 is 1.81 bits per heavy atom. The van der Waals surface area contributed by atoms with Crippen LogP contribution < -0.4 is 0 Å². The van der Waals surface area contributed by atoms with Crippen molar-refractivity contribution in [2.24, 2.45) is 0 Å². The van der Waals surface area contributed by atoms with Gasteiger partial charge in [-0.3, -0.25) is 4.79 Å². The van der Waals surface area contributed by atoms with E-state index in [9.17, 15) is 26.4 Å². The van der Waals surface area contributed by atoms with Crippen LogP contribution in [-0.4, -0.2) is 19.7 Å². The number of rotatable bonds is 2. The quantitative estimate of drug-likeness (QED) is 0.577. The van der Waals surface area contributed by atoms with E-state index in [1.807, 2.05) is 0 Å². The first-order valence-corrected chi connectivity index (χ1v) is 6.28. The van der Waals surface area contributed by atoms with Gasteiger partial charge in [-0.2, -0.15) is 21.6 Å². The number of hydrogen-bond donors (Lipinski definition) is 0. The highest BCUT2D eigenvalue weighted by atomic mass is 79.9. The third kappa shape index (κ3) is 2.76. The first-order valence-electron chi connectivity index (χ1n) is 4.08. The zero-order chi connectivity index (χ0) is 12.6. The van der Waals surface area contributed by atoms with Crippen molar-refractivity contribution < 1.29 is 30.6 Å². The van der Waals surface area contributed by atoms with E-state index in [1.165, 1.54) is 0 Å². The summed E-state index contributed by atoms with van der Waals surface area (Å²) in [7, 11) is -5.69. The summed E-state index contributed by atoms with van der Waals surface area (Å²) in [6, 6.07) is 0. The minimum absolute atomic E-state index is 0.0262. The van der Waals surface area contributed by atoms with Crippen LogP contribution >= 0.6 is 15.9 Å². The van der Waals surface area contributed by atoms with Gasteiger partial charge in [0.1, 0.15) is 5.76 Å². The molecule has 4 nitrogen and oxygen atoms in total. The normalized spacial score (nSPS) is 18.9. The van der Waals surface area contributed by atoms with Crippen LogP contribution in [0.3, 0.4) is 0 Å². The Hall–Kier alpha value is -0.570. The van der Waals surface area contributed by atoms with Crippen LogP contribution in [0.15, 0.2) is 10.2 Å². The predicted molar refractivity (Wildman–Crippen MR) is 50.9 cm³/mol. The minimum atomic E-state index is -5.69. The van der Waals surface area contributed by atoms with E-state index in [2.05, 4.69) is 20.1 Å². The highest BCUT2D eigenvalue weighted by molar-refractivity contribution is 9.12. The lowest BCUT2D eigenvalue weighted by atomic mass is 10.1. The molecule has 0 aromatic heterocycles. The lowest BCUT2D eigenvalue weighted by Crippen LogP contribution is -2.26. The summed E-state index contributed by atoms with van der Waals surface area (Å²) >= 11 is 2.71. The summed E-state index contributed by atoms with van der Waals surface area (Å²) < 4.78 is 60.9. The minimum Gasteiger partial charge on any atom is -0.379 e. The fourth-order valence-electron chi connectivity index (χ4n) is 1.04. The van der Waals surface area contributed by atoms with E-state index in [1.54, 1.807) is 0 Å². The lowest BCUT2D eigenvalue weighted by molar-refractivity contribution is -0.115. The van der Waals surface area contributed by atoms with E-state index in [4.69, 9.17) is 0 Å². The van der Waals surface area contributed by atoms with Crippen LogP contribution in [0.1, 0.15) is 19.3 Å². The van der Waals surface area contributed by atoms with E-state index in [-0.39, 0.29) is 23.7 Å². The number of ketones is 1. The SMILES string of the molecule is O=C1CCCC(OS(=O)(=O)C(F)(F)F)=C1Br. The molecule has 16 heavy (non-hydrogen) atoms. The number of carbonyl (C=O) groups is 1. The van der Waals surface area contributed by atoms with E-state index in [0.29, 0.717) is 0 Å². The predicted octanol–water partition coefficient (Wildman–Crippen LogP) is 2.21. The van der Waals surface area contributed by atoms with Gasteiger partial charge < -0.3 is 4.18 Å². The largest absolute Gasteiger partial charge is 0.534 e. The van der Waals surface area contributed by atoms with E-state index in [0.717, 1.165) is 0 Å².